The van der Waals surface area contributed by atoms with Gasteiger partial charge in [0.1, 0.15) is 0 Å². The molecular weight excluding hydrogens is 518 g/mol. The van der Waals surface area contributed by atoms with Crippen LogP contribution in [-0.2, 0) is 4.74 Å². The number of aryl methyl sites for hydroxylation is 1. The van der Waals surface area contributed by atoms with Crippen molar-refractivity contribution in [3.05, 3.63) is 21.9 Å². The number of aliphatic hydroxyl groups excluding tert-OH is 2. The van der Waals surface area contributed by atoms with Crippen molar-refractivity contribution < 1.29 is 19.7 Å². The van der Waals surface area contributed by atoms with Crippen molar-refractivity contribution in [1.82, 2.24) is 5.32 Å². The summed E-state index contributed by atoms with van der Waals surface area (Å²) < 4.78 is 6.09. The number of aliphatic hydroxyl groups is 2. The summed E-state index contributed by atoms with van der Waals surface area (Å²) in [6.45, 7) is 5.01. The van der Waals surface area contributed by atoms with Crippen LogP contribution in [0.3, 0.4) is 0 Å². The number of ether oxygens (including phenoxy) is 1. The molecule has 1 aliphatic rings. The summed E-state index contributed by atoms with van der Waals surface area (Å²) in [5.74, 6) is 0.0636. The minimum Gasteiger partial charge on any atom is -0.390 e. The SMILES string of the molecule is CCCCCCCCCCCC[C@@H](O)[C@H]1CC[C@H]([C@H](O)CCCCCCCCCCNC(=O)c2sccc2C)O1. The van der Waals surface area contributed by atoms with Crippen LogP contribution in [0.25, 0.3) is 0 Å². The highest BCUT2D eigenvalue weighted by molar-refractivity contribution is 7.12. The molecule has 0 aliphatic carbocycles. The highest BCUT2D eigenvalue weighted by Crippen LogP contribution is 2.28. The summed E-state index contributed by atoms with van der Waals surface area (Å²) in [4.78, 5) is 12.9. The molecule has 1 fully saturated rings. The maximum atomic E-state index is 12.1. The Morgan fingerprint density at radius 2 is 1.25 bits per heavy atom. The number of thiophene rings is 1. The maximum absolute atomic E-state index is 12.1. The number of hydrogen-bond acceptors (Lipinski definition) is 5. The Balaban J connectivity index is 1.36. The van der Waals surface area contributed by atoms with E-state index in [1.54, 1.807) is 0 Å². The molecular formula is C34H61NO4S. The predicted octanol–water partition coefficient (Wildman–Crippen LogP) is 8.88. The van der Waals surface area contributed by atoms with Crippen molar-refractivity contribution in [3.63, 3.8) is 0 Å². The van der Waals surface area contributed by atoms with E-state index >= 15 is 0 Å². The van der Waals surface area contributed by atoms with Gasteiger partial charge in [0, 0.05) is 6.54 Å². The number of hydrogen-bond donors (Lipinski definition) is 3. The van der Waals surface area contributed by atoms with Gasteiger partial charge in [-0.3, -0.25) is 4.79 Å². The first-order valence-corrected chi connectivity index (χ1v) is 17.7. The summed E-state index contributed by atoms with van der Waals surface area (Å²) in [6, 6.07) is 1.99. The second kappa shape index (κ2) is 22.6. The Labute approximate surface area is 249 Å². The van der Waals surface area contributed by atoms with Gasteiger partial charge < -0.3 is 20.3 Å². The van der Waals surface area contributed by atoms with Crippen molar-refractivity contribution in [3.8, 4) is 0 Å². The zero-order valence-corrected chi connectivity index (χ0v) is 26.7. The first-order valence-electron chi connectivity index (χ1n) is 16.9. The summed E-state index contributed by atoms with van der Waals surface area (Å²) in [5.41, 5.74) is 1.06. The minimum atomic E-state index is -0.400. The van der Waals surface area contributed by atoms with Gasteiger partial charge in [-0.1, -0.05) is 116 Å². The maximum Gasteiger partial charge on any atom is 0.261 e. The van der Waals surface area contributed by atoms with Crippen molar-refractivity contribution in [2.45, 2.75) is 180 Å². The molecule has 0 bridgehead atoms. The van der Waals surface area contributed by atoms with E-state index in [4.69, 9.17) is 4.74 Å². The lowest BCUT2D eigenvalue weighted by atomic mass is 10.00. The first-order chi connectivity index (χ1) is 19.5. The smallest absolute Gasteiger partial charge is 0.261 e. The number of carbonyl (C=O) groups is 1. The van der Waals surface area contributed by atoms with Gasteiger partial charge in [-0.15, -0.1) is 11.3 Å². The average molecular weight is 580 g/mol. The Morgan fingerprint density at radius 1 is 0.800 bits per heavy atom. The van der Waals surface area contributed by atoms with E-state index in [1.165, 1.54) is 94.8 Å². The van der Waals surface area contributed by atoms with Crippen molar-refractivity contribution >= 4 is 17.2 Å². The lowest BCUT2D eigenvalue weighted by Crippen LogP contribution is -2.31. The molecule has 6 heteroatoms. The second-order valence-corrected chi connectivity index (χ2v) is 13.1. The van der Waals surface area contributed by atoms with Crippen LogP contribution in [0.15, 0.2) is 11.4 Å². The van der Waals surface area contributed by atoms with Crippen LogP contribution in [0.4, 0.5) is 0 Å². The van der Waals surface area contributed by atoms with Crippen molar-refractivity contribution in [2.24, 2.45) is 0 Å². The highest BCUT2D eigenvalue weighted by Gasteiger charge is 2.33. The van der Waals surface area contributed by atoms with Gasteiger partial charge in [-0.2, -0.15) is 0 Å². The Hall–Kier alpha value is -0.950. The van der Waals surface area contributed by atoms with Gasteiger partial charge in [0.25, 0.3) is 5.91 Å². The molecule has 0 saturated carbocycles. The molecule has 232 valence electrons. The molecule has 0 aromatic carbocycles. The lowest BCUT2D eigenvalue weighted by Gasteiger charge is -2.22. The van der Waals surface area contributed by atoms with Crippen LogP contribution in [0.2, 0.25) is 0 Å². The molecule has 40 heavy (non-hydrogen) atoms. The predicted molar refractivity (Wildman–Crippen MR) is 169 cm³/mol. The number of carbonyl (C=O) groups excluding carboxylic acids is 1. The van der Waals surface area contributed by atoms with Crippen molar-refractivity contribution in [1.29, 1.82) is 0 Å². The van der Waals surface area contributed by atoms with Crippen LogP contribution >= 0.6 is 11.3 Å². The van der Waals surface area contributed by atoms with Gasteiger partial charge in [-0.05, 0) is 56.0 Å². The normalized spacial score (nSPS) is 18.7. The van der Waals surface area contributed by atoms with Crippen LogP contribution < -0.4 is 5.32 Å². The van der Waals surface area contributed by atoms with Crippen LogP contribution in [0.5, 0.6) is 0 Å². The number of amides is 1. The Bertz CT molecular complexity index is 754. The van der Waals surface area contributed by atoms with E-state index in [2.05, 4.69) is 12.2 Å². The van der Waals surface area contributed by atoms with Crippen LogP contribution in [0.1, 0.15) is 163 Å². The zero-order chi connectivity index (χ0) is 28.8. The Morgan fingerprint density at radius 3 is 1.70 bits per heavy atom. The molecule has 0 unspecified atom stereocenters. The summed E-state index contributed by atoms with van der Waals surface area (Å²) in [7, 11) is 0. The summed E-state index contributed by atoms with van der Waals surface area (Å²) in [5, 5.41) is 26.2. The average Bonchev–Trinajstić information content (AvgIpc) is 3.62. The van der Waals surface area contributed by atoms with E-state index < -0.39 is 6.10 Å². The molecule has 5 nitrogen and oxygen atoms in total. The molecule has 2 rings (SSSR count). The van der Waals surface area contributed by atoms with Gasteiger partial charge in [-0.25, -0.2) is 0 Å². The first kappa shape index (κ1) is 35.2. The van der Waals surface area contributed by atoms with E-state index in [1.807, 2.05) is 18.4 Å². The molecule has 1 aromatic heterocycles. The fourth-order valence-electron chi connectivity index (χ4n) is 5.89. The Kier molecular flexibility index (Phi) is 19.9. The summed E-state index contributed by atoms with van der Waals surface area (Å²) in [6.07, 6.45) is 24.8. The number of nitrogens with one attached hydrogen (secondary N) is 1. The van der Waals surface area contributed by atoms with E-state index in [-0.39, 0.29) is 24.2 Å². The van der Waals surface area contributed by atoms with E-state index in [0.717, 1.165) is 74.8 Å². The molecule has 2 heterocycles. The third-order valence-corrected chi connectivity index (χ3v) is 9.59. The number of unbranched alkanes of at least 4 members (excludes halogenated alkanes) is 16. The topological polar surface area (TPSA) is 78.8 Å². The third kappa shape index (κ3) is 15.3. The van der Waals surface area contributed by atoms with Gasteiger partial charge in [0.15, 0.2) is 0 Å². The molecule has 1 aliphatic heterocycles. The highest BCUT2D eigenvalue weighted by atomic mass is 32.1. The lowest BCUT2D eigenvalue weighted by molar-refractivity contribution is -0.0786. The van der Waals surface area contributed by atoms with Gasteiger partial charge >= 0.3 is 0 Å². The summed E-state index contributed by atoms with van der Waals surface area (Å²) >= 11 is 1.51. The molecule has 0 radical (unpaired) electrons. The standard InChI is InChI=1S/C34H61NO4S/c1-3-4-5-6-7-8-9-12-15-18-21-29(36)31-23-24-32(39-31)30(37)22-19-16-13-10-11-14-17-20-26-35-34(38)33-28(2)25-27-40-33/h25,27,29-32,36-37H,3-24,26H2,1-2H3,(H,35,38)/t29-,30-,31-,32-/m1/s1. The van der Waals surface area contributed by atoms with Crippen LogP contribution in [-0.4, -0.2) is 47.1 Å². The molecule has 0 spiro atoms. The van der Waals surface area contributed by atoms with E-state index in [9.17, 15) is 15.0 Å². The fraction of sp³-hybridized carbons (Fsp3) is 0.853. The fourth-order valence-corrected chi connectivity index (χ4v) is 6.74. The molecule has 1 saturated heterocycles. The second-order valence-electron chi connectivity index (χ2n) is 12.2. The van der Waals surface area contributed by atoms with E-state index in [0.29, 0.717) is 0 Å². The van der Waals surface area contributed by atoms with Gasteiger partial charge in [0.2, 0.25) is 0 Å². The molecule has 3 N–H and O–H groups in total. The van der Waals surface area contributed by atoms with Crippen molar-refractivity contribution in [2.75, 3.05) is 6.54 Å². The number of rotatable bonds is 25. The molecule has 1 amide bonds. The molecule has 4 atom stereocenters. The van der Waals surface area contributed by atoms with Gasteiger partial charge in [0.05, 0.1) is 29.3 Å². The quantitative estimate of drug-likeness (QED) is 0.101. The largest absolute Gasteiger partial charge is 0.390 e. The molecule has 1 aromatic rings. The monoisotopic (exact) mass is 579 g/mol. The zero-order valence-electron chi connectivity index (χ0n) is 25.8. The van der Waals surface area contributed by atoms with Crippen LogP contribution in [0, 0.1) is 6.92 Å². The minimum absolute atomic E-state index is 0.0636. The third-order valence-electron chi connectivity index (χ3n) is 8.58.